The number of aryl methyl sites for hydroxylation is 1. The first-order valence-electron chi connectivity index (χ1n) is 10.3. The molecule has 0 spiro atoms. The molecule has 1 saturated heterocycles. The van der Waals surface area contributed by atoms with Crippen LogP contribution >= 0.6 is 0 Å². The SMILES string of the molecule is COC(=O)c1ccc(Nc2cc3c4c(c2)[C@@H]2CNCC[C@@H]2N4CCOC3)cc1C. The zero-order chi connectivity index (χ0) is 20.0. The van der Waals surface area contributed by atoms with Crippen LogP contribution in [0.4, 0.5) is 17.1 Å². The quantitative estimate of drug-likeness (QED) is 0.780. The molecule has 3 aliphatic rings. The lowest BCUT2D eigenvalue weighted by molar-refractivity contribution is 0.0600. The molecule has 2 N–H and O–H groups in total. The molecule has 152 valence electrons. The third kappa shape index (κ3) is 3.16. The minimum atomic E-state index is -0.305. The number of methoxy groups -OCH3 is 1. The van der Waals surface area contributed by atoms with Crippen molar-refractivity contribution in [2.75, 3.05) is 43.6 Å². The fraction of sp³-hybridized carbons (Fsp3) is 0.435. The van der Waals surface area contributed by atoms with E-state index in [9.17, 15) is 4.79 Å². The molecule has 0 aromatic heterocycles. The van der Waals surface area contributed by atoms with E-state index in [2.05, 4.69) is 27.7 Å². The van der Waals surface area contributed by atoms with Gasteiger partial charge in [0.25, 0.3) is 0 Å². The number of nitrogens with one attached hydrogen (secondary N) is 2. The van der Waals surface area contributed by atoms with Crippen LogP contribution in [0.25, 0.3) is 0 Å². The summed E-state index contributed by atoms with van der Waals surface area (Å²) in [7, 11) is 1.41. The van der Waals surface area contributed by atoms with Gasteiger partial charge in [0.2, 0.25) is 0 Å². The van der Waals surface area contributed by atoms with Crippen molar-refractivity contribution in [3.63, 3.8) is 0 Å². The predicted octanol–water partition coefficient (Wildman–Crippen LogP) is 3.32. The number of rotatable bonds is 3. The largest absolute Gasteiger partial charge is 0.465 e. The number of hydrogen-bond acceptors (Lipinski definition) is 6. The van der Waals surface area contributed by atoms with Crippen LogP contribution in [0.1, 0.15) is 39.4 Å². The summed E-state index contributed by atoms with van der Waals surface area (Å²) in [5.41, 5.74) is 7.61. The summed E-state index contributed by atoms with van der Waals surface area (Å²) in [5, 5.41) is 7.12. The van der Waals surface area contributed by atoms with Crippen molar-refractivity contribution in [3.8, 4) is 0 Å². The number of piperidine rings is 1. The predicted molar refractivity (Wildman–Crippen MR) is 113 cm³/mol. The Kier molecular flexibility index (Phi) is 4.68. The molecule has 0 amide bonds. The zero-order valence-electron chi connectivity index (χ0n) is 17.0. The topological polar surface area (TPSA) is 62.8 Å². The van der Waals surface area contributed by atoms with E-state index in [-0.39, 0.29) is 5.97 Å². The molecule has 6 nitrogen and oxygen atoms in total. The second kappa shape index (κ2) is 7.35. The highest BCUT2D eigenvalue weighted by atomic mass is 16.5. The molecule has 0 aliphatic carbocycles. The Bertz CT molecular complexity index is 959. The lowest BCUT2D eigenvalue weighted by atomic mass is 9.89. The second-order valence-electron chi connectivity index (χ2n) is 8.13. The molecule has 0 unspecified atom stereocenters. The number of fused-ring (bicyclic) bond motifs is 3. The van der Waals surface area contributed by atoms with Crippen LogP contribution < -0.4 is 15.5 Å². The highest BCUT2D eigenvalue weighted by molar-refractivity contribution is 5.91. The van der Waals surface area contributed by atoms with Crippen molar-refractivity contribution >= 4 is 23.0 Å². The maximum Gasteiger partial charge on any atom is 0.338 e. The number of carbonyl (C=O) groups excluding carboxylic acids is 1. The van der Waals surface area contributed by atoms with E-state index in [0.717, 1.165) is 43.2 Å². The van der Waals surface area contributed by atoms with E-state index in [1.54, 1.807) is 0 Å². The van der Waals surface area contributed by atoms with Crippen molar-refractivity contribution in [3.05, 3.63) is 52.6 Å². The molecular formula is C23H27N3O3. The number of anilines is 3. The van der Waals surface area contributed by atoms with Crippen molar-refractivity contribution in [1.82, 2.24) is 5.32 Å². The summed E-state index contributed by atoms with van der Waals surface area (Å²) in [6, 6.07) is 10.8. The first kappa shape index (κ1) is 18.5. The molecule has 5 rings (SSSR count). The molecule has 3 aliphatic heterocycles. The Morgan fingerprint density at radius 1 is 1.28 bits per heavy atom. The third-order valence-corrected chi connectivity index (χ3v) is 6.41. The van der Waals surface area contributed by atoms with Crippen LogP contribution in [0, 0.1) is 6.92 Å². The molecule has 2 aromatic carbocycles. The minimum Gasteiger partial charge on any atom is -0.465 e. The maximum atomic E-state index is 11.9. The van der Waals surface area contributed by atoms with Crippen molar-refractivity contribution in [2.45, 2.75) is 31.9 Å². The van der Waals surface area contributed by atoms with Crippen molar-refractivity contribution in [2.24, 2.45) is 0 Å². The molecule has 29 heavy (non-hydrogen) atoms. The molecule has 2 aromatic rings. The number of benzene rings is 2. The van der Waals surface area contributed by atoms with E-state index in [4.69, 9.17) is 9.47 Å². The molecule has 1 fully saturated rings. The molecule has 0 radical (unpaired) electrons. The summed E-state index contributed by atoms with van der Waals surface area (Å²) in [6.07, 6.45) is 1.18. The van der Waals surface area contributed by atoms with Gasteiger partial charge in [-0.2, -0.15) is 0 Å². The number of hydrogen-bond donors (Lipinski definition) is 2. The molecule has 3 heterocycles. The van der Waals surface area contributed by atoms with Gasteiger partial charge in [-0.1, -0.05) is 0 Å². The first-order valence-corrected chi connectivity index (χ1v) is 10.3. The van der Waals surface area contributed by atoms with Crippen LogP contribution in [0.3, 0.4) is 0 Å². The highest BCUT2D eigenvalue weighted by Gasteiger charge is 2.41. The normalized spacial score (nSPS) is 22.5. The van der Waals surface area contributed by atoms with Crippen LogP contribution in [-0.2, 0) is 16.1 Å². The molecule has 6 heteroatoms. The van der Waals surface area contributed by atoms with E-state index in [1.165, 1.54) is 30.3 Å². The Balaban J connectivity index is 1.49. The Morgan fingerprint density at radius 3 is 3.00 bits per heavy atom. The average molecular weight is 393 g/mol. The van der Waals surface area contributed by atoms with E-state index < -0.39 is 0 Å². The average Bonchev–Trinajstić information content (AvgIpc) is 2.89. The zero-order valence-corrected chi connectivity index (χ0v) is 17.0. The number of nitrogens with zero attached hydrogens (tertiary/aromatic N) is 1. The van der Waals surface area contributed by atoms with Gasteiger partial charge >= 0.3 is 5.97 Å². The Labute approximate surface area is 171 Å². The van der Waals surface area contributed by atoms with Crippen LogP contribution in [0.15, 0.2) is 30.3 Å². The summed E-state index contributed by atoms with van der Waals surface area (Å²) in [6.45, 7) is 6.45. The van der Waals surface area contributed by atoms with Crippen molar-refractivity contribution < 1.29 is 14.3 Å². The van der Waals surface area contributed by atoms with Gasteiger partial charge < -0.3 is 25.0 Å². The van der Waals surface area contributed by atoms with Gasteiger partial charge in [-0.3, -0.25) is 0 Å². The van der Waals surface area contributed by atoms with Gasteiger partial charge in [0.05, 0.1) is 25.9 Å². The standard InChI is InChI=1S/C23H27N3O3/c1-14-9-16(3-4-18(14)23(27)28-2)25-17-10-15-13-29-8-7-26-21-5-6-24-12-20(21)19(11-17)22(15)26/h3-4,9-11,20-21,24-25H,5-8,12-13H2,1-2H3/t20-,21-/m0/s1. The molecule has 0 bridgehead atoms. The number of esters is 1. The van der Waals surface area contributed by atoms with E-state index in [0.29, 0.717) is 24.1 Å². The molecule has 2 atom stereocenters. The fourth-order valence-corrected chi connectivity index (χ4v) is 5.10. The van der Waals surface area contributed by atoms with Crippen LogP contribution in [-0.4, -0.2) is 45.4 Å². The van der Waals surface area contributed by atoms with Gasteiger partial charge in [-0.25, -0.2) is 4.79 Å². The lowest BCUT2D eigenvalue weighted by Gasteiger charge is -2.33. The summed E-state index contributed by atoms with van der Waals surface area (Å²) < 4.78 is 10.8. The summed E-state index contributed by atoms with van der Waals surface area (Å²) in [5.74, 6) is 0.223. The van der Waals surface area contributed by atoms with Crippen LogP contribution in [0.5, 0.6) is 0 Å². The lowest BCUT2D eigenvalue weighted by Crippen LogP contribution is -2.44. The van der Waals surface area contributed by atoms with Crippen LogP contribution in [0.2, 0.25) is 0 Å². The van der Waals surface area contributed by atoms with Gasteiger partial charge in [0.15, 0.2) is 0 Å². The monoisotopic (exact) mass is 393 g/mol. The van der Waals surface area contributed by atoms with Gasteiger partial charge in [0, 0.05) is 47.7 Å². The summed E-state index contributed by atoms with van der Waals surface area (Å²) >= 11 is 0. The van der Waals surface area contributed by atoms with Gasteiger partial charge in [-0.05, 0) is 61.3 Å². The Morgan fingerprint density at radius 2 is 2.17 bits per heavy atom. The second-order valence-corrected chi connectivity index (χ2v) is 8.13. The smallest absolute Gasteiger partial charge is 0.338 e. The van der Waals surface area contributed by atoms with E-state index >= 15 is 0 Å². The minimum absolute atomic E-state index is 0.305. The highest BCUT2D eigenvalue weighted by Crippen LogP contribution is 2.47. The fourth-order valence-electron chi connectivity index (χ4n) is 5.10. The van der Waals surface area contributed by atoms with Gasteiger partial charge in [0.1, 0.15) is 0 Å². The van der Waals surface area contributed by atoms with E-state index in [1.807, 2.05) is 25.1 Å². The number of ether oxygens (including phenoxy) is 2. The van der Waals surface area contributed by atoms with Gasteiger partial charge in [-0.15, -0.1) is 0 Å². The molecule has 0 saturated carbocycles. The summed E-state index contributed by atoms with van der Waals surface area (Å²) in [4.78, 5) is 14.4. The van der Waals surface area contributed by atoms with Crippen molar-refractivity contribution in [1.29, 1.82) is 0 Å². The first-order chi connectivity index (χ1) is 14.2. The third-order valence-electron chi connectivity index (χ3n) is 6.41. The maximum absolute atomic E-state index is 11.9. The molecular weight excluding hydrogens is 366 g/mol. The Hall–Kier alpha value is -2.57. The number of carbonyl (C=O) groups is 1.